The molecule has 0 aromatic carbocycles. The third-order valence-electron chi connectivity index (χ3n) is 2.13. The van der Waals surface area contributed by atoms with Crippen molar-refractivity contribution >= 4 is 94.9 Å². The van der Waals surface area contributed by atoms with Crippen LogP contribution in [0, 0.1) is 0 Å². The first-order valence-corrected chi connectivity index (χ1v) is 7.12. The fourth-order valence-electron chi connectivity index (χ4n) is 0.784. The van der Waals surface area contributed by atoms with Gasteiger partial charge in [-0.1, -0.05) is 45.2 Å². The van der Waals surface area contributed by atoms with Crippen LogP contribution in [0.3, 0.4) is 0 Å². The van der Waals surface area contributed by atoms with E-state index in [1.807, 2.05) is 0 Å². The molecule has 0 amide bonds. The maximum atomic E-state index is 11.7. The molecular weight excluding hydrogens is 682 g/mol. The fraction of sp³-hybridized carbons (Fsp3) is 0.750. The van der Waals surface area contributed by atoms with Crippen molar-refractivity contribution in [2.45, 2.75) is 31.5 Å². The normalized spacial score (nSPS) is 13.9. The van der Waals surface area contributed by atoms with Crippen molar-refractivity contribution in [3.05, 3.63) is 0 Å². The zero-order valence-corrected chi connectivity index (χ0v) is 18.2. The van der Waals surface area contributed by atoms with Crippen LogP contribution >= 0.6 is 45.2 Å². The minimum Gasteiger partial charge on any atom is -0.548 e. The molecular formula is C8CaF12I2O4. The van der Waals surface area contributed by atoms with Crippen LogP contribution in [0.25, 0.3) is 0 Å². The van der Waals surface area contributed by atoms with E-state index in [4.69, 9.17) is 0 Å². The van der Waals surface area contributed by atoms with Crippen molar-refractivity contribution < 1.29 is 72.5 Å². The first-order chi connectivity index (χ1) is 10.9. The third-order valence-corrected chi connectivity index (χ3v) is 5.45. The molecule has 27 heavy (non-hydrogen) atoms. The Hall–Kier alpha value is 0.820. The Morgan fingerprint density at radius 3 is 0.630 bits per heavy atom. The van der Waals surface area contributed by atoms with E-state index in [0.29, 0.717) is 0 Å². The summed E-state index contributed by atoms with van der Waals surface area (Å²) in [6, 6.07) is 0. The molecule has 0 spiro atoms. The van der Waals surface area contributed by atoms with Crippen LogP contribution in [-0.2, 0) is 9.59 Å². The number of aliphatic carboxylic acids is 2. The van der Waals surface area contributed by atoms with Crippen LogP contribution in [0.5, 0.6) is 0 Å². The predicted molar refractivity (Wildman–Crippen MR) is 73.5 cm³/mol. The van der Waals surface area contributed by atoms with E-state index >= 15 is 0 Å². The maximum absolute atomic E-state index is 11.7. The molecule has 0 unspecified atom stereocenters. The smallest absolute Gasteiger partial charge is 0.548 e. The Kier molecular flexibility index (Phi) is 11.7. The van der Waals surface area contributed by atoms with Crippen LogP contribution in [-0.4, -0.2) is 81.2 Å². The van der Waals surface area contributed by atoms with E-state index < -0.39 is 43.5 Å². The van der Waals surface area contributed by atoms with Crippen molar-refractivity contribution in [1.29, 1.82) is 0 Å². The molecule has 0 rings (SSSR count). The van der Waals surface area contributed by atoms with Crippen molar-refractivity contribution in [3.63, 3.8) is 0 Å². The third kappa shape index (κ3) is 6.93. The number of carboxylic acid groups (broad SMARTS) is 2. The van der Waals surface area contributed by atoms with Crippen molar-refractivity contribution in [2.75, 3.05) is 0 Å². The maximum Gasteiger partial charge on any atom is 2.00 e. The monoisotopic (exact) mass is 682 g/mol. The van der Waals surface area contributed by atoms with Crippen LogP contribution in [0.1, 0.15) is 0 Å². The first-order valence-electron chi connectivity index (χ1n) is 4.96. The second kappa shape index (κ2) is 9.75. The summed E-state index contributed by atoms with van der Waals surface area (Å²) in [5, 5.41) is 19.5. The molecule has 4 nitrogen and oxygen atoms in total. The van der Waals surface area contributed by atoms with E-state index in [9.17, 15) is 72.5 Å². The summed E-state index contributed by atoms with van der Waals surface area (Å²) >= 11 is -0.468. The summed E-state index contributed by atoms with van der Waals surface area (Å²) in [6.45, 7) is 0. The van der Waals surface area contributed by atoms with Crippen LogP contribution in [0.15, 0.2) is 0 Å². The summed E-state index contributed by atoms with van der Waals surface area (Å²) < 4.78 is 131. The van der Waals surface area contributed by atoms with Gasteiger partial charge in [0.05, 0.1) is 11.9 Å². The Labute approximate surface area is 197 Å². The van der Waals surface area contributed by atoms with E-state index in [-0.39, 0.29) is 82.9 Å². The van der Waals surface area contributed by atoms with E-state index in [0.717, 1.165) is 0 Å². The Balaban J connectivity index is -0.000000411. The number of hydrogen-bond donors (Lipinski definition) is 0. The van der Waals surface area contributed by atoms with Crippen LogP contribution in [0.2, 0.25) is 0 Å². The van der Waals surface area contributed by atoms with Gasteiger partial charge in [0.1, 0.15) is 0 Å². The number of carbonyl (C=O) groups is 2. The van der Waals surface area contributed by atoms with Gasteiger partial charge in [0.15, 0.2) is 0 Å². The predicted octanol–water partition coefficient (Wildman–Crippen LogP) is 1.69. The second-order valence-electron chi connectivity index (χ2n) is 3.88. The van der Waals surface area contributed by atoms with Crippen molar-refractivity contribution in [1.82, 2.24) is 0 Å². The van der Waals surface area contributed by atoms with Crippen molar-refractivity contribution in [3.8, 4) is 0 Å². The number of halogens is 14. The van der Waals surface area contributed by atoms with Crippen molar-refractivity contribution in [2.24, 2.45) is 0 Å². The number of carboxylic acids is 2. The molecule has 0 saturated carbocycles. The summed E-state index contributed by atoms with van der Waals surface area (Å²) in [4.78, 5) is 19.5. The van der Waals surface area contributed by atoms with Gasteiger partial charge in [0.2, 0.25) is 0 Å². The Morgan fingerprint density at radius 2 is 0.630 bits per heavy atom. The van der Waals surface area contributed by atoms with Gasteiger partial charge >= 0.3 is 62.4 Å². The number of carbonyl (C=O) groups excluding carboxylic acids is 2. The van der Waals surface area contributed by atoms with Gasteiger partial charge in [-0.05, 0) is 0 Å². The van der Waals surface area contributed by atoms with Gasteiger partial charge in [0.25, 0.3) is 6.84 Å². The van der Waals surface area contributed by atoms with Gasteiger partial charge in [-0.15, -0.1) is 0 Å². The molecule has 0 heterocycles. The number of alkyl halides is 14. The average Bonchev–Trinajstić information content (AvgIpc) is 2.31. The standard InChI is InChI=1S/2C4HF6IO2.Ca/c2*5-3(6,7)2(11,1(12)13)4(8,9)10;/h2*(H,12,13);/q;;+2/p-2. The molecule has 0 aromatic heterocycles. The summed E-state index contributed by atoms with van der Waals surface area (Å²) in [7, 11) is 0. The summed E-state index contributed by atoms with van der Waals surface area (Å²) in [6.07, 6.45) is -23.8. The average molecular weight is 682 g/mol. The molecule has 0 aliphatic carbocycles. The topological polar surface area (TPSA) is 80.3 Å². The molecule has 156 valence electrons. The molecule has 0 aliphatic rings. The fourth-order valence-corrected chi connectivity index (χ4v) is 0.784. The Bertz CT molecular complexity index is 461. The van der Waals surface area contributed by atoms with Gasteiger partial charge < -0.3 is 19.8 Å². The summed E-state index contributed by atoms with van der Waals surface area (Å²) in [5.41, 5.74) is 0. The largest absolute Gasteiger partial charge is 2.00 e. The first kappa shape index (κ1) is 32.5. The minimum absolute atomic E-state index is 0. The molecule has 19 heteroatoms. The van der Waals surface area contributed by atoms with Gasteiger partial charge in [0, 0.05) is 0 Å². The van der Waals surface area contributed by atoms with Gasteiger partial charge in [-0.3, -0.25) is 0 Å². The molecule has 0 aromatic rings. The molecule has 0 bridgehead atoms. The minimum atomic E-state index is -5.94. The van der Waals surface area contributed by atoms with Gasteiger partial charge in [-0.25, -0.2) is 0 Å². The van der Waals surface area contributed by atoms with Crippen LogP contribution in [0.4, 0.5) is 52.7 Å². The number of hydrogen-bond acceptors (Lipinski definition) is 4. The molecule has 0 atom stereocenters. The van der Waals surface area contributed by atoms with Gasteiger partial charge in [-0.2, -0.15) is 52.7 Å². The van der Waals surface area contributed by atoms with E-state index in [2.05, 4.69) is 0 Å². The summed E-state index contributed by atoms with van der Waals surface area (Å²) in [5.74, 6) is -6.46. The molecule has 0 aliphatic heterocycles. The molecule has 0 saturated heterocycles. The number of rotatable bonds is 2. The zero-order valence-electron chi connectivity index (χ0n) is 11.6. The second-order valence-corrected chi connectivity index (χ2v) is 7.12. The molecule has 0 N–H and O–H groups in total. The SMILES string of the molecule is O=C([O-])C(I)(C(F)(F)F)C(F)(F)F.O=C([O-])C(I)(C(F)(F)F)C(F)(F)F.[Ca+2]. The quantitative estimate of drug-likeness (QED) is 0.193. The van der Waals surface area contributed by atoms with E-state index in [1.54, 1.807) is 0 Å². The Morgan fingerprint density at radius 1 is 0.519 bits per heavy atom. The molecule has 0 radical (unpaired) electrons. The van der Waals surface area contributed by atoms with E-state index in [1.165, 1.54) is 0 Å². The zero-order chi connectivity index (χ0) is 22.2. The molecule has 0 fully saturated rings. The van der Waals surface area contributed by atoms with Crippen LogP contribution < -0.4 is 10.2 Å².